The summed E-state index contributed by atoms with van der Waals surface area (Å²) in [7, 11) is 0. The third-order valence-electron chi connectivity index (χ3n) is 4.63. The molecule has 3 rings (SSSR count). The minimum atomic E-state index is -0.608. The van der Waals surface area contributed by atoms with Gasteiger partial charge in [0.15, 0.2) is 0 Å². The number of aliphatic carboxylic acids is 1. The van der Waals surface area contributed by atoms with Crippen LogP contribution in [0.5, 0.6) is 0 Å². The van der Waals surface area contributed by atoms with Crippen LogP contribution in [0.2, 0.25) is 5.02 Å². The molecule has 0 radical (unpaired) electrons. The second-order valence-corrected chi connectivity index (χ2v) is 6.30. The molecular weight excluding hydrogens is 262 g/mol. The van der Waals surface area contributed by atoms with Crippen LogP contribution in [0.25, 0.3) is 0 Å². The molecule has 1 saturated carbocycles. The highest BCUT2D eigenvalue weighted by molar-refractivity contribution is 6.30. The van der Waals surface area contributed by atoms with Gasteiger partial charge in [-0.25, -0.2) is 0 Å². The van der Waals surface area contributed by atoms with E-state index in [2.05, 4.69) is 11.0 Å². The van der Waals surface area contributed by atoms with Gasteiger partial charge in [0.2, 0.25) is 0 Å². The van der Waals surface area contributed by atoms with Crippen molar-refractivity contribution < 1.29 is 9.90 Å². The van der Waals surface area contributed by atoms with E-state index in [1.165, 1.54) is 5.56 Å². The first-order chi connectivity index (χ1) is 9.09. The molecule has 3 nitrogen and oxygen atoms in total. The first-order valence-corrected chi connectivity index (χ1v) is 7.16. The Hall–Kier alpha value is -1.06. The van der Waals surface area contributed by atoms with Crippen LogP contribution in [-0.2, 0) is 11.3 Å². The van der Waals surface area contributed by atoms with Crippen molar-refractivity contribution in [1.29, 1.82) is 0 Å². The van der Waals surface area contributed by atoms with Crippen molar-refractivity contribution in [3.05, 3.63) is 34.9 Å². The lowest BCUT2D eigenvalue weighted by molar-refractivity contribution is -0.139. The van der Waals surface area contributed by atoms with Crippen molar-refractivity contribution in [3.8, 4) is 0 Å². The van der Waals surface area contributed by atoms with Crippen molar-refractivity contribution in [2.24, 2.45) is 11.3 Å². The summed E-state index contributed by atoms with van der Waals surface area (Å²) in [4.78, 5) is 13.4. The van der Waals surface area contributed by atoms with E-state index >= 15 is 0 Å². The predicted molar refractivity (Wildman–Crippen MR) is 74.1 cm³/mol. The van der Waals surface area contributed by atoms with E-state index < -0.39 is 5.97 Å². The Bertz CT molecular complexity index is 495. The van der Waals surface area contributed by atoms with Crippen LogP contribution in [0.3, 0.4) is 0 Å². The third-order valence-corrected chi connectivity index (χ3v) is 4.87. The van der Waals surface area contributed by atoms with Crippen LogP contribution >= 0.6 is 11.6 Å². The second-order valence-electron chi connectivity index (χ2n) is 5.86. The van der Waals surface area contributed by atoms with E-state index in [9.17, 15) is 4.79 Å². The molecule has 1 aromatic rings. The Morgan fingerprint density at radius 2 is 2.16 bits per heavy atom. The Kier molecular flexibility index (Phi) is 3.27. The molecular formula is C15H18ClNO2. The molecule has 1 N–H and O–H groups in total. The van der Waals surface area contributed by atoms with E-state index in [-0.39, 0.29) is 11.3 Å². The Morgan fingerprint density at radius 3 is 2.74 bits per heavy atom. The zero-order chi connectivity index (χ0) is 13.5. The first-order valence-electron chi connectivity index (χ1n) is 6.79. The van der Waals surface area contributed by atoms with Gasteiger partial charge in [-0.2, -0.15) is 0 Å². The molecule has 1 saturated heterocycles. The van der Waals surface area contributed by atoms with E-state index in [1.807, 2.05) is 18.2 Å². The summed E-state index contributed by atoms with van der Waals surface area (Å²) in [5, 5.41) is 9.85. The highest BCUT2D eigenvalue weighted by atomic mass is 35.5. The molecule has 2 aliphatic rings. The van der Waals surface area contributed by atoms with E-state index in [0.717, 1.165) is 43.9 Å². The summed E-state index contributed by atoms with van der Waals surface area (Å²) in [6.07, 6.45) is 2.92. The lowest BCUT2D eigenvalue weighted by Crippen LogP contribution is -2.35. The van der Waals surface area contributed by atoms with E-state index in [4.69, 9.17) is 16.7 Å². The first kappa shape index (κ1) is 12.9. The average Bonchev–Trinajstić information content (AvgIpc) is 3.07. The number of likely N-dealkylation sites (tertiary alicyclic amines) is 1. The van der Waals surface area contributed by atoms with Gasteiger partial charge in [0.25, 0.3) is 0 Å². The number of hydrogen-bond donors (Lipinski definition) is 1. The number of carbonyl (C=O) groups is 1. The molecule has 0 amide bonds. The molecule has 1 aromatic carbocycles. The number of piperidine rings is 1. The molecule has 1 atom stereocenters. The second kappa shape index (κ2) is 4.80. The lowest BCUT2D eigenvalue weighted by atomic mass is 9.90. The Balaban J connectivity index is 1.55. The fraction of sp³-hybridized carbons (Fsp3) is 0.533. The smallest absolute Gasteiger partial charge is 0.307 e. The molecule has 0 aromatic heterocycles. The molecule has 19 heavy (non-hydrogen) atoms. The predicted octanol–water partition coefficient (Wildman–Crippen LogP) is 3.03. The van der Waals surface area contributed by atoms with Crippen LogP contribution < -0.4 is 0 Å². The normalized spacial score (nSPS) is 25.4. The summed E-state index contributed by atoms with van der Waals surface area (Å²) in [5.41, 5.74) is 1.35. The SMILES string of the molecule is O=C(O)C1CC12CCN(Cc1cccc(Cl)c1)CC2. The van der Waals surface area contributed by atoms with Crippen LogP contribution in [-0.4, -0.2) is 29.1 Å². The van der Waals surface area contributed by atoms with Crippen LogP contribution in [0, 0.1) is 11.3 Å². The summed E-state index contributed by atoms with van der Waals surface area (Å²) in [6, 6.07) is 7.96. The average molecular weight is 280 g/mol. The Labute approximate surface area is 118 Å². The van der Waals surface area contributed by atoms with E-state index in [1.54, 1.807) is 0 Å². The molecule has 0 bridgehead atoms. The molecule has 1 spiro atoms. The van der Waals surface area contributed by atoms with Gasteiger partial charge in [0, 0.05) is 11.6 Å². The van der Waals surface area contributed by atoms with Crippen molar-refractivity contribution in [2.45, 2.75) is 25.8 Å². The van der Waals surface area contributed by atoms with Crippen LogP contribution in [0.1, 0.15) is 24.8 Å². The van der Waals surface area contributed by atoms with Gasteiger partial charge in [-0.1, -0.05) is 23.7 Å². The third kappa shape index (κ3) is 2.63. The number of carboxylic acid groups (broad SMARTS) is 1. The van der Waals surface area contributed by atoms with Crippen molar-refractivity contribution >= 4 is 17.6 Å². The molecule has 102 valence electrons. The van der Waals surface area contributed by atoms with Gasteiger partial charge in [-0.15, -0.1) is 0 Å². The number of benzene rings is 1. The van der Waals surface area contributed by atoms with Gasteiger partial charge in [0.1, 0.15) is 0 Å². The summed E-state index contributed by atoms with van der Waals surface area (Å²) >= 11 is 5.99. The molecule has 1 unspecified atom stereocenters. The molecule has 4 heteroatoms. The van der Waals surface area contributed by atoms with Crippen LogP contribution in [0.4, 0.5) is 0 Å². The van der Waals surface area contributed by atoms with Crippen molar-refractivity contribution in [3.63, 3.8) is 0 Å². The monoisotopic (exact) mass is 279 g/mol. The zero-order valence-corrected chi connectivity index (χ0v) is 11.6. The number of carboxylic acids is 1. The quantitative estimate of drug-likeness (QED) is 0.925. The fourth-order valence-corrected chi connectivity index (χ4v) is 3.51. The van der Waals surface area contributed by atoms with Gasteiger partial charge >= 0.3 is 5.97 Å². The number of halogens is 1. The fourth-order valence-electron chi connectivity index (χ4n) is 3.30. The number of hydrogen-bond acceptors (Lipinski definition) is 2. The van der Waals surface area contributed by atoms with Gasteiger partial charge in [-0.05, 0) is 55.5 Å². The standard InChI is InChI=1S/C15H18ClNO2/c16-12-3-1-2-11(8-12)10-17-6-4-15(5-7-17)9-13(15)14(18)19/h1-3,8,13H,4-7,9-10H2,(H,18,19). The molecule has 2 fully saturated rings. The Morgan fingerprint density at radius 1 is 1.42 bits per heavy atom. The molecule has 1 aliphatic carbocycles. The minimum absolute atomic E-state index is 0.0826. The maximum Gasteiger partial charge on any atom is 0.307 e. The van der Waals surface area contributed by atoms with Crippen molar-refractivity contribution in [2.75, 3.05) is 13.1 Å². The largest absolute Gasteiger partial charge is 0.481 e. The lowest BCUT2D eigenvalue weighted by Gasteiger charge is -2.32. The highest BCUT2D eigenvalue weighted by Gasteiger charge is 2.58. The topological polar surface area (TPSA) is 40.5 Å². The maximum atomic E-state index is 11.0. The van der Waals surface area contributed by atoms with Gasteiger partial charge < -0.3 is 5.11 Å². The summed E-state index contributed by atoms with van der Waals surface area (Å²) in [6.45, 7) is 2.90. The maximum absolute atomic E-state index is 11.0. The number of rotatable bonds is 3. The van der Waals surface area contributed by atoms with Crippen molar-refractivity contribution in [1.82, 2.24) is 4.90 Å². The number of nitrogens with zero attached hydrogens (tertiary/aromatic N) is 1. The highest BCUT2D eigenvalue weighted by Crippen LogP contribution is 2.59. The molecule has 1 heterocycles. The summed E-state index contributed by atoms with van der Waals surface area (Å²) < 4.78 is 0. The minimum Gasteiger partial charge on any atom is -0.481 e. The zero-order valence-electron chi connectivity index (χ0n) is 10.8. The van der Waals surface area contributed by atoms with Gasteiger partial charge in [0.05, 0.1) is 5.92 Å². The van der Waals surface area contributed by atoms with Gasteiger partial charge in [-0.3, -0.25) is 9.69 Å². The van der Waals surface area contributed by atoms with E-state index in [0.29, 0.717) is 0 Å². The van der Waals surface area contributed by atoms with Crippen LogP contribution in [0.15, 0.2) is 24.3 Å². The molecule has 1 aliphatic heterocycles. The summed E-state index contributed by atoms with van der Waals surface area (Å²) in [5.74, 6) is -0.691.